The van der Waals surface area contributed by atoms with Crippen molar-refractivity contribution < 1.29 is 71.7 Å². The Morgan fingerprint density at radius 2 is 0.755 bits per heavy atom. The monoisotopic (exact) mass is 1400 g/mol. The second kappa shape index (κ2) is 35.5. The van der Waals surface area contributed by atoms with E-state index in [1.54, 1.807) is 195 Å². The average Bonchev–Trinajstić information content (AvgIpc) is 1.45. The Morgan fingerprint density at radius 1 is 0.449 bits per heavy atom. The zero-order chi connectivity index (χ0) is 69.0. The molecule has 513 valence electrons. The van der Waals surface area contributed by atoms with Crippen LogP contribution in [0.3, 0.4) is 0 Å². The molecule has 1 amide bonds. The fourth-order valence-electron chi connectivity index (χ4n) is 11.9. The van der Waals surface area contributed by atoms with Gasteiger partial charge in [-0.2, -0.15) is 5.26 Å². The van der Waals surface area contributed by atoms with Crippen molar-refractivity contribution in [2.75, 3.05) is 52.8 Å². The summed E-state index contributed by atoms with van der Waals surface area (Å²) in [4.78, 5) is 24.6. The number of hydrogen-bond acceptors (Lipinski definition) is 18. The number of carbonyl (C=O) groups excluding carboxylic acids is 2. The molecule has 0 saturated carbocycles. The van der Waals surface area contributed by atoms with Crippen molar-refractivity contribution in [3.63, 3.8) is 0 Å². The van der Waals surface area contributed by atoms with Crippen LogP contribution in [-0.4, -0.2) is 107 Å². The molecule has 19 nitrogen and oxygen atoms in total. The summed E-state index contributed by atoms with van der Waals surface area (Å²) >= 11 is 0. The fraction of sp³-hybridized carbons (Fsp3) is 0.311. The van der Waals surface area contributed by atoms with E-state index in [2.05, 4.69) is 0 Å². The molecule has 0 bridgehead atoms. The molecule has 13 rings (SSSR count). The minimum absolute atomic E-state index is 0. The number of nitrogens with zero attached hydrogens (tertiary/aromatic N) is 1. The lowest BCUT2D eigenvalue weighted by Crippen LogP contribution is -2.19. The van der Waals surface area contributed by atoms with Crippen molar-refractivity contribution in [2.45, 2.75) is 135 Å². The molecule has 1 fully saturated rings. The van der Waals surface area contributed by atoms with E-state index in [0.717, 1.165) is 109 Å². The van der Waals surface area contributed by atoms with Crippen LogP contribution in [0.1, 0.15) is 114 Å². The van der Waals surface area contributed by atoms with Crippen LogP contribution in [0.25, 0.3) is 0 Å². The zero-order valence-electron chi connectivity index (χ0n) is 54.4. The molecule has 4 atom stereocenters. The molecule has 3 radical (unpaired) electrons. The van der Waals surface area contributed by atoms with Gasteiger partial charge in [-0.05, 0) is 213 Å². The second-order valence-electron chi connectivity index (χ2n) is 23.2. The van der Waals surface area contributed by atoms with Gasteiger partial charge in [0, 0.05) is 28.2 Å². The Labute approximate surface area is 576 Å². The summed E-state index contributed by atoms with van der Waals surface area (Å²) in [5, 5.41) is 8.60. The third-order valence-corrected chi connectivity index (χ3v) is 23.8. The van der Waals surface area contributed by atoms with E-state index in [4.69, 9.17) is 45.2 Å². The maximum absolute atomic E-state index is 12.7. The standard InChI is InChI=1S/C19H20O5S.C17H17NO4S.C17H19NO3S.C17H15NO3S.C4H8O.B/c1-2-23-19(20)13-24-18-11-8-14-12-16(9-10-17(14)18)25(21,22)15-6-4-3-5-7-15;18-17(19)11-22-16-9-6-12-10-14(7-8-15(12)16)23(20,21)13-4-2-1-3-5-13;2*18-10-11-21-17-9-6-13-12-15(7-8-16(13)17)22(19,20)14-4-2-1-3-5-14;1-2-4-5-3-1;/h3-7,9-10,12,18H,2,8,11,13H2,1H3;1-5,7-8,10,16H,6,9,11H2,(H2,18,19);1-5,7-8,12,17H,6,9-11,18H2;1-5,7-8,12,17H,6,9,11H2;1-4H2;. The van der Waals surface area contributed by atoms with Crippen molar-refractivity contribution in [1.82, 2.24) is 0 Å². The normalized spacial score (nSPS) is 17.1. The van der Waals surface area contributed by atoms with Gasteiger partial charge in [0.15, 0.2) is 0 Å². The summed E-state index contributed by atoms with van der Waals surface area (Å²) in [6.45, 7) is 4.91. The Hall–Kier alpha value is -8.19. The number of aryl methyl sites for hydroxylation is 4. The number of carbonyl (C=O) groups is 2. The van der Waals surface area contributed by atoms with Crippen LogP contribution in [0.2, 0.25) is 0 Å². The first-order chi connectivity index (χ1) is 46.8. The molecular formula is C74H79BN3O16S4. The summed E-state index contributed by atoms with van der Waals surface area (Å²) in [6, 6.07) is 56.3. The van der Waals surface area contributed by atoms with Crippen molar-refractivity contribution >= 4 is 59.6 Å². The number of primary amides is 1. The predicted molar refractivity (Wildman–Crippen MR) is 368 cm³/mol. The van der Waals surface area contributed by atoms with Gasteiger partial charge in [0.2, 0.25) is 45.3 Å². The number of fused-ring (bicyclic) bond motifs is 4. The van der Waals surface area contributed by atoms with E-state index in [1.165, 1.54) is 12.8 Å². The SMILES string of the molecule is C1CCOC1.CCOC(=O)COC1CCc2cc(S(=O)(=O)c3ccccc3)ccc21.N#CCOC1CCc2cc(S(=O)(=O)c3ccccc3)ccc21.NC(=O)COC1CCc2cc(S(=O)(=O)c3ccccc3)ccc21.NCCOC1CCc2cc(S(=O)(=O)c3ccccc3)ccc21.[B]. The molecule has 8 aromatic rings. The minimum Gasteiger partial charge on any atom is -0.464 e. The molecule has 98 heavy (non-hydrogen) atoms. The van der Waals surface area contributed by atoms with E-state index < -0.39 is 45.3 Å². The van der Waals surface area contributed by atoms with Gasteiger partial charge >= 0.3 is 5.97 Å². The van der Waals surface area contributed by atoms with Gasteiger partial charge in [0.25, 0.3) is 0 Å². The molecule has 1 aliphatic heterocycles. The van der Waals surface area contributed by atoms with Crippen LogP contribution < -0.4 is 11.5 Å². The summed E-state index contributed by atoms with van der Waals surface area (Å²) in [5.74, 6) is -0.902. The molecular weight excluding hydrogens is 1330 g/mol. The van der Waals surface area contributed by atoms with Gasteiger partial charge in [-0.25, -0.2) is 38.5 Å². The lowest BCUT2D eigenvalue weighted by molar-refractivity contribution is -0.150. The maximum atomic E-state index is 12.7. The Kier molecular flexibility index (Phi) is 27.4. The van der Waals surface area contributed by atoms with E-state index in [-0.39, 0.29) is 78.2 Å². The van der Waals surface area contributed by atoms with Crippen molar-refractivity contribution in [3.8, 4) is 6.07 Å². The van der Waals surface area contributed by atoms with Crippen LogP contribution >= 0.6 is 0 Å². The van der Waals surface area contributed by atoms with Crippen molar-refractivity contribution in [1.29, 1.82) is 5.26 Å². The number of sulfone groups is 4. The van der Waals surface area contributed by atoms with Crippen molar-refractivity contribution in [3.05, 3.63) is 239 Å². The van der Waals surface area contributed by atoms with Gasteiger partial charge in [-0.1, -0.05) is 97.1 Å². The first-order valence-corrected chi connectivity index (χ1v) is 38.0. The smallest absolute Gasteiger partial charge is 0.332 e. The number of nitriles is 1. The highest BCUT2D eigenvalue weighted by Crippen LogP contribution is 2.40. The maximum Gasteiger partial charge on any atom is 0.332 e. The van der Waals surface area contributed by atoms with Crippen LogP contribution in [0.4, 0.5) is 0 Å². The van der Waals surface area contributed by atoms with Crippen LogP contribution in [-0.2, 0) is 103 Å². The highest BCUT2D eigenvalue weighted by molar-refractivity contribution is 7.92. The fourth-order valence-corrected chi connectivity index (χ4v) is 17.3. The predicted octanol–water partition coefficient (Wildman–Crippen LogP) is 11.0. The van der Waals surface area contributed by atoms with Crippen molar-refractivity contribution in [2.24, 2.45) is 11.5 Å². The number of benzene rings is 8. The number of nitrogens with two attached hydrogens (primary N) is 2. The minimum atomic E-state index is -3.53. The van der Waals surface area contributed by atoms with E-state index in [1.807, 2.05) is 12.1 Å². The quantitative estimate of drug-likeness (QED) is 0.0529. The highest BCUT2D eigenvalue weighted by Gasteiger charge is 2.31. The molecule has 4 aliphatic carbocycles. The van der Waals surface area contributed by atoms with Crippen LogP contribution in [0, 0.1) is 11.3 Å². The first kappa shape index (κ1) is 75.6. The van der Waals surface area contributed by atoms with Gasteiger partial charge in [0.1, 0.15) is 19.8 Å². The lowest BCUT2D eigenvalue weighted by Gasteiger charge is -2.13. The van der Waals surface area contributed by atoms with Crippen LogP contribution in [0.15, 0.2) is 233 Å². The van der Waals surface area contributed by atoms with Gasteiger partial charge in [-0.15, -0.1) is 0 Å². The largest absolute Gasteiger partial charge is 0.464 e. The number of hydrogen-bond donors (Lipinski definition) is 2. The zero-order valence-corrected chi connectivity index (χ0v) is 57.6. The molecule has 0 spiro atoms. The first-order valence-electron chi connectivity index (χ1n) is 32.0. The molecule has 4 unspecified atom stereocenters. The van der Waals surface area contributed by atoms with E-state index in [9.17, 15) is 43.3 Å². The number of rotatable bonds is 20. The summed E-state index contributed by atoms with van der Waals surface area (Å²) in [7, 11) is -14.0. The van der Waals surface area contributed by atoms with Gasteiger partial charge < -0.3 is 39.9 Å². The molecule has 24 heteroatoms. The third kappa shape index (κ3) is 19.2. The lowest BCUT2D eigenvalue weighted by atomic mass is 10.1. The second-order valence-corrected chi connectivity index (χ2v) is 31.0. The summed E-state index contributed by atoms with van der Waals surface area (Å²) < 4.78 is 133. The van der Waals surface area contributed by atoms with Gasteiger partial charge in [0.05, 0.1) is 82.9 Å². The molecule has 1 heterocycles. The summed E-state index contributed by atoms with van der Waals surface area (Å²) in [5.41, 5.74) is 18.4. The Balaban J connectivity index is 0.000000162. The number of amides is 1. The van der Waals surface area contributed by atoms with Crippen LogP contribution in [0.5, 0.6) is 0 Å². The summed E-state index contributed by atoms with van der Waals surface area (Å²) in [6.07, 6.45) is 8.23. The topological polar surface area (TPSA) is 302 Å². The third-order valence-electron chi connectivity index (χ3n) is 16.8. The molecule has 4 N–H and O–H groups in total. The number of esters is 1. The molecule has 0 aromatic heterocycles. The molecule has 8 aromatic carbocycles. The molecule has 1 saturated heterocycles. The van der Waals surface area contributed by atoms with E-state index in [0.29, 0.717) is 39.3 Å². The van der Waals surface area contributed by atoms with E-state index >= 15 is 0 Å². The Morgan fingerprint density at radius 3 is 1.03 bits per heavy atom. The molecule has 5 aliphatic rings. The van der Waals surface area contributed by atoms with Gasteiger partial charge in [-0.3, -0.25) is 4.79 Å². The number of ether oxygens (including phenoxy) is 6. The average molecular weight is 1410 g/mol. The Bertz CT molecular complexity index is 4500. The highest BCUT2D eigenvalue weighted by atomic mass is 32.2.